The number of hydrogen-bond donors (Lipinski definition) is 0. The highest BCUT2D eigenvalue weighted by Crippen LogP contribution is 2.37. The molecule has 0 aromatic heterocycles. The zero-order chi connectivity index (χ0) is 7.61. The second-order valence-electron chi connectivity index (χ2n) is 1.93. The van der Waals surface area contributed by atoms with Gasteiger partial charge in [-0.15, -0.1) is 0 Å². The molecule has 1 aliphatic heterocycles. The third kappa shape index (κ3) is 1.03. The molecule has 0 nitrogen and oxygen atoms in total. The molecule has 0 atom stereocenters. The van der Waals surface area contributed by atoms with Crippen molar-refractivity contribution in [2.45, 2.75) is 6.92 Å². The van der Waals surface area contributed by atoms with Crippen LogP contribution in [0.25, 0.3) is 0 Å². The van der Waals surface area contributed by atoms with Gasteiger partial charge in [-0.2, -0.15) is 0 Å². The summed E-state index contributed by atoms with van der Waals surface area (Å²) in [6, 6.07) is 0. The van der Waals surface area contributed by atoms with Crippen molar-refractivity contribution >= 4 is 42.3 Å². The molecule has 10 heavy (non-hydrogen) atoms. The number of thiocarbonyl (C=S) groups is 2. The van der Waals surface area contributed by atoms with Gasteiger partial charge in [0, 0.05) is 0 Å². The maximum absolute atomic E-state index is 4.77. The lowest BCUT2D eigenvalue weighted by Crippen LogP contribution is -1.69. The van der Waals surface area contributed by atoms with Gasteiger partial charge in [0.2, 0.25) is 0 Å². The van der Waals surface area contributed by atoms with Crippen LogP contribution in [0.15, 0.2) is 22.5 Å². The van der Waals surface area contributed by atoms with Crippen LogP contribution < -0.4 is 0 Å². The van der Waals surface area contributed by atoms with Crippen LogP contribution in [0.1, 0.15) is 6.92 Å². The lowest BCUT2D eigenvalue weighted by atomic mass is 10.5. The van der Waals surface area contributed by atoms with E-state index in [0.29, 0.717) is 0 Å². The van der Waals surface area contributed by atoms with E-state index in [9.17, 15) is 0 Å². The second kappa shape index (κ2) is 2.83. The Morgan fingerprint density at radius 3 is 2.20 bits per heavy atom. The summed E-state index contributed by atoms with van der Waals surface area (Å²) in [5.74, 6) is 0. The molecular weight excluding hydrogens is 180 g/mol. The minimum absolute atomic E-state index is 1.18. The Bertz CT molecular complexity index is 346. The summed E-state index contributed by atoms with van der Waals surface area (Å²) in [4.78, 5) is 1.18. The van der Waals surface area contributed by atoms with E-state index in [0.717, 1.165) is 0 Å². The van der Waals surface area contributed by atoms with Crippen LogP contribution in [-0.2, 0) is 0 Å². The number of rotatable bonds is 0. The Morgan fingerprint density at radius 2 is 2.00 bits per heavy atom. The molecule has 0 radical (unpaired) electrons. The molecule has 0 saturated carbocycles. The molecule has 3 heteroatoms. The summed E-state index contributed by atoms with van der Waals surface area (Å²) in [7, 11) is -1.31. The van der Waals surface area contributed by atoms with Crippen molar-refractivity contribution in [2.75, 3.05) is 0 Å². The van der Waals surface area contributed by atoms with Gasteiger partial charge in [-0.3, -0.25) is 0 Å². The lowest BCUT2D eigenvalue weighted by Gasteiger charge is -1.98. The Kier molecular flexibility index (Phi) is 2.24. The quantitative estimate of drug-likeness (QED) is 0.534. The SMILES string of the molecule is CC1=CC=CS1(=C=S)=C=S. The first kappa shape index (κ1) is 7.93. The van der Waals surface area contributed by atoms with Gasteiger partial charge < -0.3 is 0 Å². The average Bonchev–Trinajstić information content (AvgIpc) is 2.32. The molecule has 0 fully saturated rings. The van der Waals surface area contributed by atoms with E-state index in [4.69, 9.17) is 24.4 Å². The van der Waals surface area contributed by atoms with E-state index in [1.807, 2.05) is 24.5 Å². The van der Waals surface area contributed by atoms with Gasteiger partial charge in [0.05, 0.1) is 0 Å². The van der Waals surface area contributed by atoms with E-state index in [1.54, 1.807) is 0 Å². The van der Waals surface area contributed by atoms with Crippen LogP contribution in [0.3, 0.4) is 0 Å². The van der Waals surface area contributed by atoms with E-state index < -0.39 is 9.21 Å². The van der Waals surface area contributed by atoms with E-state index in [1.165, 1.54) is 4.91 Å². The summed E-state index contributed by atoms with van der Waals surface area (Å²) in [5.41, 5.74) is 0. The molecule has 0 amide bonds. The van der Waals surface area contributed by atoms with Crippen molar-refractivity contribution in [3.8, 4) is 0 Å². The van der Waals surface area contributed by atoms with E-state index >= 15 is 0 Å². The summed E-state index contributed by atoms with van der Waals surface area (Å²) in [5, 5.41) is 1.99. The summed E-state index contributed by atoms with van der Waals surface area (Å²) < 4.78 is 5.55. The minimum Gasteiger partial charge on any atom is -0.0621 e. The van der Waals surface area contributed by atoms with Gasteiger partial charge in [-0.1, -0.05) is 21.4 Å². The van der Waals surface area contributed by atoms with Crippen LogP contribution >= 0.6 is 33.6 Å². The van der Waals surface area contributed by atoms with Crippen molar-refractivity contribution in [1.29, 1.82) is 0 Å². The minimum atomic E-state index is -1.31. The molecule has 0 bridgehead atoms. The average molecular weight is 186 g/mol. The molecule has 0 aromatic rings. The first-order valence-corrected chi connectivity index (χ1v) is 5.22. The monoisotopic (exact) mass is 186 g/mol. The summed E-state index contributed by atoms with van der Waals surface area (Å²) >= 11 is 9.53. The predicted molar refractivity (Wildman–Crippen MR) is 55.7 cm³/mol. The zero-order valence-electron chi connectivity index (χ0n) is 5.46. The van der Waals surface area contributed by atoms with Gasteiger partial charge in [0.1, 0.15) is 0 Å². The Hall–Kier alpha value is -0.170. The maximum atomic E-state index is 4.77. The van der Waals surface area contributed by atoms with Crippen LogP contribution in [0.5, 0.6) is 0 Å². The molecule has 0 spiro atoms. The molecule has 0 unspecified atom stereocenters. The lowest BCUT2D eigenvalue weighted by molar-refractivity contribution is 1.70. The topological polar surface area (TPSA) is 0 Å². The Morgan fingerprint density at radius 1 is 1.40 bits per heavy atom. The highest BCUT2D eigenvalue weighted by molar-refractivity contribution is 8.39. The van der Waals surface area contributed by atoms with Crippen LogP contribution in [-0.4, -0.2) is 8.63 Å². The highest BCUT2D eigenvalue weighted by Gasteiger charge is 2.03. The predicted octanol–water partition coefficient (Wildman–Crippen LogP) is 2.89. The first-order valence-electron chi connectivity index (χ1n) is 2.71. The van der Waals surface area contributed by atoms with Crippen LogP contribution in [0.2, 0.25) is 0 Å². The van der Waals surface area contributed by atoms with Crippen molar-refractivity contribution in [1.82, 2.24) is 0 Å². The Balaban J connectivity index is 3.70. The third-order valence-electron chi connectivity index (χ3n) is 1.38. The maximum Gasteiger partial charge on any atom is -0.00522 e. The number of allylic oxidation sites excluding steroid dienone is 3. The first-order chi connectivity index (χ1) is 4.75. The highest BCUT2D eigenvalue weighted by atomic mass is 32.2. The molecule has 52 valence electrons. The summed E-state index contributed by atoms with van der Waals surface area (Å²) in [6.07, 6.45) is 3.97. The molecule has 0 saturated heterocycles. The Labute approximate surface area is 71.7 Å². The fourth-order valence-corrected chi connectivity index (χ4v) is 3.47. The fraction of sp³-hybridized carbons (Fsp3) is 0.143. The molecule has 1 rings (SSSR count). The smallest absolute Gasteiger partial charge is 0.00522 e. The molecule has 1 heterocycles. The van der Waals surface area contributed by atoms with Gasteiger partial charge in [-0.25, -0.2) is 0 Å². The zero-order valence-corrected chi connectivity index (χ0v) is 7.91. The van der Waals surface area contributed by atoms with Gasteiger partial charge in [0.15, 0.2) is 0 Å². The molecule has 0 N–H and O–H groups in total. The third-order valence-corrected chi connectivity index (χ3v) is 5.20. The van der Waals surface area contributed by atoms with E-state index in [-0.39, 0.29) is 0 Å². The van der Waals surface area contributed by atoms with Crippen LogP contribution in [0, 0.1) is 0 Å². The van der Waals surface area contributed by atoms with Crippen molar-refractivity contribution in [3.05, 3.63) is 22.5 Å². The molecular formula is C7H6S3. The molecule has 1 aliphatic rings. The fourth-order valence-electron chi connectivity index (χ4n) is 0.711. The second-order valence-corrected chi connectivity index (χ2v) is 5.50. The normalized spacial score (nSPS) is 19.5. The summed E-state index contributed by atoms with van der Waals surface area (Å²) in [6.45, 7) is 2.01. The van der Waals surface area contributed by atoms with Crippen LogP contribution in [0.4, 0.5) is 0 Å². The standard InChI is InChI=1S/C7H6S3/c1-7-3-2-4-10(7,5-8)6-9/h2-4H,1H3. The largest absolute Gasteiger partial charge is 0.0621 e. The van der Waals surface area contributed by atoms with Crippen molar-refractivity contribution < 1.29 is 0 Å². The van der Waals surface area contributed by atoms with Gasteiger partial charge in [-0.05, 0) is 50.3 Å². The van der Waals surface area contributed by atoms with E-state index in [2.05, 4.69) is 8.63 Å². The molecule has 0 aliphatic carbocycles. The van der Waals surface area contributed by atoms with Crippen molar-refractivity contribution in [2.24, 2.45) is 0 Å². The molecule has 0 aromatic carbocycles. The van der Waals surface area contributed by atoms with Crippen molar-refractivity contribution in [3.63, 3.8) is 0 Å². The van der Waals surface area contributed by atoms with Gasteiger partial charge in [0.25, 0.3) is 0 Å². The number of hydrogen-bond acceptors (Lipinski definition) is 2. The van der Waals surface area contributed by atoms with Gasteiger partial charge >= 0.3 is 0 Å².